The largest absolute Gasteiger partial charge is 0.464 e. The number of fused-ring (bicyclic) bond motifs is 1. The fourth-order valence-electron chi connectivity index (χ4n) is 3.54. The van der Waals surface area contributed by atoms with Gasteiger partial charge in [0.2, 0.25) is 0 Å². The average molecular weight is 344 g/mol. The number of allylic oxidation sites excluding steroid dienone is 1. The maximum absolute atomic E-state index is 14.2. The zero-order valence-electron chi connectivity index (χ0n) is 12.9. The van der Waals surface area contributed by atoms with Crippen molar-refractivity contribution in [3.63, 3.8) is 0 Å². The van der Waals surface area contributed by atoms with E-state index < -0.39 is 21.8 Å². The van der Waals surface area contributed by atoms with Crippen molar-refractivity contribution in [3.05, 3.63) is 34.7 Å². The molecule has 1 saturated carbocycles. The first-order valence-electron chi connectivity index (χ1n) is 7.76. The van der Waals surface area contributed by atoms with Crippen molar-refractivity contribution < 1.29 is 22.1 Å². The Bertz CT molecular complexity index is 647. The molecule has 0 N–H and O–H groups in total. The minimum Gasteiger partial charge on any atom is -0.399 e. The van der Waals surface area contributed by atoms with E-state index in [4.69, 9.17) is 4.18 Å². The minimum absolute atomic E-state index is 0.114. The molecule has 1 aromatic rings. The van der Waals surface area contributed by atoms with Gasteiger partial charge in [-0.25, -0.2) is 0 Å². The van der Waals surface area contributed by atoms with Crippen LogP contribution in [0.15, 0.2) is 34.1 Å². The first-order chi connectivity index (χ1) is 10.9. The van der Waals surface area contributed by atoms with Crippen LogP contribution in [0.1, 0.15) is 44.6 Å². The molecule has 23 heavy (non-hydrogen) atoms. The predicted molar refractivity (Wildman–Crippen MR) is 84.7 cm³/mol. The van der Waals surface area contributed by atoms with Gasteiger partial charge >= 0.3 is 11.5 Å². The number of carbonyl (C=O) groups excluding carboxylic acids is 1. The first kappa shape index (κ1) is 16.4. The van der Waals surface area contributed by atoms with E-state index in [1.807, 2.05) is 0 Å². The molecule has 1 heterocycles. The summed E-state index contributed by atoms with van der Waals surface area (Å²) in [6.07, 6.45) is 5.98. The van der Waals surface area contributed by atoms with E-state index in [1.54, 1.807) is 24.3 Å². The summed E-state index contributed by atoms with van der Waals surface area (Å²) < 4.78 is 47.6. The molecule has 1 unspecified atom stereocenters. The van der Waals surface area contributed by atoms with E-state index in [1.165, 1.54) is 6.07 Å². The van der Waals surface area contributed by atoms with Crippen LogP contribution in [0.3, 0.4) is 0 Å². The first-order valence-corrected chi connectivity index (χ1v) is 9.32. The van der Waals surface area contributed by atoms with Gasteiger partial charge in [0.25, 0.3) is 0 Å². The Kier molecular flexibility index (Phi) is 4.21. The average Bonchev–Trinajstić information content (AvgIpc) is 2.83. The van der Waals surface area contributed by atoms with Crippen LogP contribution in [-0.2, 0) is 8.98 Å². The van der Waals surface area contributed by atoms with Crippen LogP contribution >= 0.6 is 10.3 Å². The summed E-state index contributed by atoms with van der Waals surface area (Å²) >= 11 is 0. The summed E-state index contributed by atoms with van der Waals surface area (Å²) in [7, 11) is -3.76. The normalized spacial score (nSPS) is 27.7. The number of halogens is 3. The topological polar surface area (TPSA) is 26.3 Å². The highest BCUT2D eigenvalue weighted by molar-refractivity contribution is 8.34. The van der Waals surface area contributed by atoms with Crippen molar-refractivity contribution in [2.75, 3.05) is 0 Å². The standard InChI is InChI=1S/C17H19F3O2S/c1-12(21)22-23(17(18,19)20)15-10-6-5-9-14(15)11-16(23)13-7-3-2-4-8-13/h5-6,9-11,13H,2-4,7-8H2,1H3. The third-order valence-corrected chi connectivity index (χ3v) is 7.68. The van der Waals surface area contributed by atoms with Gasteiger partial charge in [0.1, 0.15) is 0 Å². The Balaban J connectivity index is 2.17. The Morgan fingerprint density at radius 1 is 1.17 bits per heavy atom. The Morgan fingerprint density at radius 3 is 2.43 bits per heavy atom. The fourth-order valence-corrected chi connectivity index (χ4v) is 6.67. The molecule has 0 spiro atoms. The molecule has 3 rings (SSSR count). The van der Waals surface area contributed by atoms with Gasteiger partial charge in [-0.1, -0.05) is 37.5 Å². The molecule has 0 amide bonds. The van der Waals surface area contributed by atoms with E-state index in [0.29, 0.717) is 5.56 Å². The number of alkyl halides is 3. The van der Waals surface area contributed by atoms with Gasteiger partial charge in [0.05, 0.1) is 10.3 Å². The Labute approximate surface area is 135 Å². The van der Waals surface area contributed by atoms with Crippen molar-refractivity contribution in [1.82, 2.24) is 0 Å². The molecule has 1 aliphatic carbocycles. The molecule has 0 saturated heterocycles. The molecule has 1 aromatic carbocycles. The number of carbonyl (C=O) groups is 1. The number of hydrogen-bond acceptors (Lipinski definition) is 2. The Hall–Kier alpha value is -1.43. The lowest BCUT2D eigenvalue weighted by atomic mass is 9.88. The molecule has 0 radical (unpaired) electrons. The highest BCUT2D eigenvalue weighted by Gasteiger charge is 2.61. The van der Waals surface area contributed by atoms with E-state index in [0.717, 1.165) is 39.0 Å². The summed E-state index contributed by atoms with van der Waals surface area (Å²) in [4.78, 5) is 12.0. The van der Waals surface area contributed by atoms with Crippen LogP contribution in [0.25, 0.3) is 6.08 Å². The minimum atomic E-state index is -4.60. The molecule has 2 aliphatic rings. The molecular formula is C17H19F3O2S. The zero-order chi connectivity index (χ0) is 16.7. The molecule has 2 nitrogen and oxygen atoms in total. The number of hydrogen-bond donors (Lipinski definition) is 0. The molecule has 126 valence electrons. The van der Waals surface area contributed by atoms with Gasteiger partial charge in [-0.15, -0.1) is 0 Å². The summed E-state index contributed by atoms with van der Waals surface area (Å²) in [5.41, 5.74) is -4.07. The third-order valence-electron chi connectivity index (χ3n) is 4.43. The summed E-state index contributed by atoms with van der Waals surface area (Å²) in [5.74, 6) is -1.04. The fraction of sp³-hybridized carbons (Fsp3) is 0.471. The monoisotopic (exact) mass is 344 g/mol. The van der Waals surface area contributed by atoms with Crippen molar-refractivity contribution in [3.8, 4) is 0 Å². The highest BCUT2D eigenvalue weighted by Crippen LogP contribution is 2.78. The van der Waals surface area contributed by atoms with Crippen molar-refractivity contribution in [2.24, 2.45) is 5.92 Å². The molecular weight excluding hydrogens is 325 g/mol. The predicted octanol–water partition coefficient (Wildman–Crippen LogP) is 5.78. The van der Waals surface area contributed by atoms with Crippen LogP contribution in [0.2, 0.25) is 0 Å². The number of rotatable bonds is 2. The van der Waals surface area contributed by atoms with Gasteiger partial charge in [-0.3, -0.25) is 4.79 Å². The third kappa shape index (κ3) is 2.67. The second-order valence-corrected chi connectivity index (χ2v) is 8.65. The molecule has 1 atom stereocenters. The molecule has 1 fully saturated rings. The van der Waals surface area contributed by atoms with E-state index >= 15 is 0 Å². The zero-order valence-corrected chi connectivity index (χ0v) is 13.7. The van der Waals surface area contributed by atoms with Crippen molar-refractivity contribution >= 4 is 22.4 Å². The van der Waals surface area contributed by atoms with Gasteiger partial charge in [-0.2, -0.15) is 13.2 Å². The lowest BCUT2D eigenvalue weighted by molar-refractivity contribution is -0.132. The maximum atomic E-state index is 14.2. The quantitative estimate of drug-likeness (QED) is 0.679. The van der Waals surface area contributed by atoms with Gasteiger partial charge in [0.15, 0.2) is 0 Å². The second-order valence-electron chi connectivity index (χ2n) is 6.00. The number of benzene rings is 1. The maximum Gasteiger partial charge on any atom is 0.464 e. The van der Waals surface area contributed by atoms with Crippen LogP contribution in [0.4, 0.5) is 13.2 Å². The van der Waals surface area contributed by atoms with E-state index in [-0.39, 0.29) is 15.7 Å². The van der Waals surface area contributed by atoms with E-state index in [9.17, 15) is 18.0 Å². The molecule has 1 aliphatic heterocycles. The van der Waals surface area contributed by atoms with Crippen LogP contribution in [0, 0.1) is 5.92 Å². The molecule has 0 aromatic heterocycles. The Morgan fingerprint density at radius 2 is 1.83 bits per heavy atom. The highest BCUT2D eigenvalue weighted by atomic mass is 32.3. The van der Waals surface area contributed by atoms with Crippen LogP contribution < -0.4 is 0 Å². The van der Waals surface area contributed by atoms with Crippen molar-refractivity contribution in [2.45, 2.75) is 49.4 Å². The van der Waals surface area contributed by atoms with E-state index in [2.05, 4.69) is 0 Å². The molecule has 6 heteroatoms. The lowest BCUT2D eigenvalue weighted by Crippen LogP contribution is -2.28. The summed E-state index contributed by atoms with van der Waals surface area (Å²) in [6.45, 7) is 1.06. The van der Waals surface area contributed by atoms with Crippen LogP contribution in [-0.4, -0.2) is 11.5 Å². The van der Waals surface area contributed by atoms with Crippen LogP contribution in [0.5, 0.6) is 0 Å². The van der Waals surface area contributed by atoms with Gasteiger partial charge in [0, 0.05) is 16.7 Å². The van der Waals surface area contributed by atoms with Gasteiger partial charge in [-0.05, 0) is 36.5 Å². The second kappa shape index (κ2) is 5.89. The SMILES string of the molecule is CC(=O)OS1(C(F)(F)F)C(C2CCCCC2)=Cc2ccccc21. The molecule has 0 bridgehead atoms. The van der Waals surface area contributed by atoms with Crippen molar-refractivity contribution in [1.29, 1.82) is 0 Å². The lowest BCUT2D eigenvalue weighted by Gasteiger charge is -2.42. The summed E-state index contributed by atoms with van der Waals surface area (Å²) in [6, 6.07) is 6.41. The summed E-state index contributed by atoms with van der Waals surface area (Å²) in [5, 5.41) is 0. The smallest absolute Gasteiger partial charge is 0.399 e. The van der Waals surface area contributed by atoms with Gasteiger partial charge < -0.3 is 4.18 Å².